The lowest BCUT2D eigenvalue weighted by Crippen LogP contribution is -2.51. The summed E-state index contributed by atoms with van der Waals surface area (Å²) in [7, 11) is -2.62. The van der Waals surface area contributed by atoms with E-state index in [0.717, 1.165) is 9.87 Å². The lowest BCUT2D eigenvalue weighted by Gasteiger charge is -2.33. The van der Waals surface area contributed by atoms with Crippen molar-refractivity contribution in [2.45, 2.75) is 44.7 Å². The van der Waals surface area contributed by atoms with Crippen LogP contribution in [0.25, 0.3) is 0 Å². The summed E-state index contributed by atoms with van der Waals surface area (Å²) < 4.78 is 28.8. The van der Waals surface area contributed by atoms with Crippen molar-refractivity contribution < 1.29 is 18.0 Å². The van der Waals surface area contributed by atoms with E-state index in [-0.39, 0.29) is 17.3 Å². The molecule has 7 nitrogen and oxygen atoms in total. The zero-order valence-corrected chi connectivity index (χ0v) is 24.1. The van der Waals surface area contributed by atoms with Crippen molar-refractivity contribution >= 4 is 50.7 Å². The van der Waals surface area contributed by atoms with Gasteiger partial charge >= 0.3 is 0 Å². The Hall–Kier alpha value is -3.07. The zero-order valence-electron chi connectivity index (χ0n) is 21.7. The van der Waals surface area contributed by atoms with Gasteiger partial charge in [0.25, 0.3) is 10.0 Å². The van der Waals surface area contributed by atoms with Gasteiger partial charge in [-0.15, -0.1) is 0 Å². The van der Waals surface area contributed by atoms with E-state index >= 15 is 0 Å². The zero-order chi connectivity index (χ0) is 28.0. The number of nitrogens with one attached hydrogen (secondary N) is 1. The lowest BCUT2D eigenvalue weighted by atomic mass is 10.1. The maximum Gasteiger partial charge on any atom is 0.264 e. The molecular formula is C28H31Cl2N3O4S. The van der Waals surface area contributed by atoms with E-state index in [1.54, 1.807) is 62.4 Å². The highest BCUT2D eigenvalue weighted by molar-refractivity contribution is 7.92. The van der Waals surface area contributed by atoms with Crippen LogP contribution in [-0.2, 0) is 26.2 Å². The van der Waals surface area contributed by atoms with Crippen molar-refractivity contribution in [3.63, 3.8) is 0 Å². The van der Waals surface area contributed by atoms with Crippen molar-refractivity contribution in [2.75, 3.05) is 17.9 Å². The molecule has 0 radical (unpaired) electrons. The maximum absolute atomic E-state index is 13.9. The van der Waals surface area contributed by atoms with Gasteiger partial charge in [-0.1, -0.05) is 72.1 Å². The Morgan fingerprint density at radius 2 is 1.63 bits per heavy atom. The second kappa shape index (κ2) is 12.7. The maximum atomic E-state index is 13.9. The molecule has 3 aromatic rings. The summed E-state index contributed by atoms with van der Waals surface area (Å²) >= 11 is 12.3. The molecule has 3 rings (SSSR count). The Morgan fingerprint density at radius 1 is 0.947 bits per heavy atom. The molecule has 10 heteroatoms. The smallest absolute Gasteiger partial charge is 0.264 e. The van der Waals surface area contributed by atoms with Crippen molar-refractivity contribution in [2.24, 2.45) is 0 Å². The van der Waals surface area contributed by atoms with Gasteiger partial charge in [-0.25, -0.2) is 8.42 Å². The fourth-order valence-electron chi connectivity index (χ4n) is 4.24. The number of likely N-dealkylation sites (N-methyl/N-ethyl adjacent to an activating group) is 1. The standard InChI is InChI=1S/C28H31Cl2N3O4S/c1-5-25(28(35)31-4)32(17-21-12-13-23(29)24(30)16-21)27(34)18-33(26-14-11-19(2)15-20(26)3)38(36,37)22-9-7-6-8-10-22/h6-16,25H,5,17-18H2,1-4H3,(H,31,35). The van der Waals surface area contributed by atoms with Crippen LogP contribution in [0.4, 0.5) is 5.69 Å². The molecule has 0 saturated heterocycles. The summed E-state index contributed by atoms with van der Waals surface area (Å²) in [5, 5.41) is 3.28. The molecule has 1 atom stereocenters. The first kappa shape index (κ1) is 29.5. The van der Waals surface area contributed by atoms with Crippen molar-refractivity contribution in [1.29, 1.82) is 0 Å². The number of hydrogen-bond donors (Lipinski definition) is 1. The Labute approximate surface area is 234 Å². The van der Waals surface area contributed by atoms with Gasteiger partial charge in [0.15, 0.2) is 0 Å². The molecular weight excluding hydrogens is 545 g/mol. The number of benzene rings is 3. The first-order valence-corrected chi connectivity index (χ1v) is 14.3. The number of amides is 2. The number of halogens is 2. The van der Waals surface area contributed by atoms with Gasteiger partial charge < -0.3 is 10.2 Å². The molecule has 0 saturated carbocycles. The topological polar surface area (TPSA) is 86.8 Å². The Balaban J connectivity index is 2.09. The summed E-state index contributed by atoms with van der Waals surface area (Å²) in [5.74, 6) is -0.893. The average Bonchev–Trinajstić information content (AvgIpc) is 2.89. The largest absolute Gasteiger partial charge is 0.357 e. The molecule has 0 fully saturated rings. The van der Waals surface area contributed by atoms with Crippen LogP contribution in [0, 0.1) is 13.8 Å². The SMILES string of the molecule is CCC(C(=O)NC)N(Cc1ccc(Cl)c(Cl)c1)C(=O)CN(c1ccc(C)cc1C)S(=O)(=O)c1ccccc1. The van der Waals surface area contributed by atoms with Gasteiger partial charge in [0, 0.05) is 13.6 Å². The predicted octanol–water partition coefficient (Wildman–Crippen LogP) is 5.36. The quantitative estimate of drug-likeness (QED) is 0.352. The molecule has 0 aliphatic carbocycles. The van der Waals surface area contributed by atoms with E-state index in [4.69, 9.17) is 23.2 Å². The van der Waals surface area contributed by atoms with Crippen LogP contribution in [0.15, 0.2) is 71.6 Å². The number of nitrogens with zero attached hydrogens (tertiary/aromatic N) is 2. The van der Waals surface area contributed by atoms with E-state index in [9.17, 15) is 18.0 Å². The number of carbonyl (C=O) groups excluding carboxylic acids is 2. The van der Waals surface area contributed by atoms with Gasteiger partial charge in [-0.05, 0) is 61.7 Å². The average molecular weight is 577 g/mol. The molecule has 0 aliphatic heterocycles. The summed E-state index contributed by atoms with van der Waals surface area (Å²) in [6, 6.07) is 17.4. The summed E-state index contributed by atoms with van der Waals surface area (Å²) in [5.41, 5.74) is 2.70. The van der Waals surface area contributed by atoms with Crippen molar-refractivity contribution in [3.05, 3.63) is 93.5 Å². The van der Waals surface area contributed by atoms with Gasteiger partial charge in [-0.2, -0.15) is 0 Å². The van der Waals surface area contributed by atoms with E-state index < -0.39 is 28.5 Å². The second-order valence-corrected chi connectivity index (χ2v) is 11.6. The van der Waals surface area contributed by atoms with Crippen LogP contribution in [0.1, 0.15) is 30.0 Å². The predicted molar refractivity (Wildman–Crippen MR) is 152 cm³/mol. The molecule has 2 amide bonds. The molecule has 0 aliphatic rings. The number of anilines is 1. The van der Waals surface area contributed by atoms with Crippen LogP contribution in [0.3, 0.4) is 0 Å². The Bertz CT molecular complexity index is 1410. The third kappa shape index (κ3) is 6.67. The monoisotopic (exact) mass is 575 g/mol. The third-order valence-electron chi connectivity index (χ3n) is 6.20. The molecule has 0 spiro atoms. The minimum Gasteiger partial charge on any atom is -0.357 e. The number of aryl methyl sites for hydroxylation is 2. The fraction of sp³-hybridized carbons (Fsp3) is 0.286. The van der Waals surface area contributed by atoms with E-state index in [1.165, 1.54) is 24.1 Å². The van der Waals surface area contributed by atoms with E-state index in [2.05, 4.69) is 5.32 Å². The molecule has 38 heavy (non-hydrogen) atoms. The second-order valence-electron chi connectivity index (χ2n) is 8.92. The first-order valence-electron chi connectivity index (χ1n) is 12.1. The molecule has 0 aromatic heterocycles. The molecule has 1 N–H and O–H groups in total. The molecule has 1 unspecified atom stereocenters. The summed E-state index contributed by atoms with van der Waals surface area (Å²) in [6.07, 6.45) is 0.321. The first-order chi connectivity index (χ1) is 18.0. The number of hydrogen-bond acceptors (Lipinski definition) is 4. The summed E-state index contributed by atoms with van der Waals surface area (Å²) in [6.45, 7) is 5.03. The number of sulfonamides is 1. The van der Waals surface area contributed by atoms with E-state index in [1.807, 2.05) is 13.0 Å². The van der Waals surface area contributed by atoms with Crippen LogP contribution >= 0.6 is 23.2 Å². The van der Waals surface area contributed by atoms with Crippen LogP contribution < -0.4 is 9.62 Å². The molecule has 0 bridgehead atoms. The van der Waals surface area contributed by atoms with Crippen molar-refractivity contribution in [1.82, 2.24) is 10.2 Å². The fourth-order valence-corrected chi connectivity index (χ4v) is 6.06. The number of rotatable bonds is 10. The van der Waals surface area contributed by atoms with Crippen LogP contribution in [0.5, 0.6) is 0 Å². The lowest BCUT2D eigenvalue weighted by molar-refractivity contribution is -0.140. The highest BCUT2D eigenvalue weighted by Crippen LogP contribution is 2.29. The van der Waals surface area contributed by atoms with Gasteiger partial charge in [0.1, 0.15) is 12.6 Å². The molecule has 0 heterocycles. The van der Waals surface area contributed by atoms with Gasteiger partial charge in [0.2, 0.25) is 11.8 Å². The minimum atomic E-state index is -4.11. The summed E-state index contributed by atoms with van der Waals surface area (Å²) in [4.78, 5) is 28.2. The van der Waals surface area contributed by atoms with Crippen LogP contribution in [0.2, 0.25) is 10.0 Å². The van der Waals surface area contributed by atoms with E-state index in [0.29, 0.717) is 33.3 Å². The van der Waals surface area contributed by atoms with Crippen LogP contribution in [-0.4, -0.2) is 44.8 Å². The number of carbonyl (C=O) groups is 2. The highest BCUT2D eigenvalue weighted by atomic mass is 35.5. The van der Waals surface area contributed by atoms with Gasteiger partial charge in [0.05, 0.1) is 20.6 Å². The minimum absolute atomic E-state index is 0.0355. The van der Waals surface area contributed by atoms with Gasteiger partial charge in [-0.3, -0.25) is 13.9 Å². The Kier molecular flexibility index (Phi) is 9.82. The normalized spacial score (nSPS) is 12.1. The highest BCUT2D eigenvalue weighted by Gasteiger charge is 2.34. The Morgan fingerprint density at radius 3 is 2.21 bits per heavy atom. The molecule has 202 valence electrons. The van der Waals surface area contributed by atoms with Crippen molar-refractivity contribution in [3.8, 4) is 0 Å². The molecule has 3 aromatic carbocycles. The third-order valence-corrected chi connectivity index (χ3v) is 8.71.